The number of hydrogen-bond donors (Lipinski definition) is 1. The van der Waals surface area contributed by atoms with E-state index in [1.165, 1.54) is 11.1 Å². The van der Waals surface area contributed by atoms with E-state index in [0.29, 0.717) is 16.7 Å². The fraction of sp³-hybridized carbons (Fsp3) is 0.333. The lowest BCUT2D eigenvalue weighted by Crippen LogP contribution is -2.23. The molecule has 0 aromatic heterocycles. The molecule has 1 N–H and O–H groups in total. The van der Waals surface area contributed by atoms with E-state index in [4.69, 9.17) is 16.3 Å². The molecular weight excluding hydrogens is 282 g/mol. The maximum Gasteiger partial charge on any atom is 0.137 e. The van der Waals surface area contributed by atoms with Crippen LogP contribution in [0.3, 0.4) is 0 Å². The Kier molecular flexibility index (Phi) is 5.66. The lowest BCUT2D eigenvalue weighted by molar-refractivity contribution is 0.414. The molecule has 0 fully saturated rings. The highest BCUT2D eigenvalue weighted by molar-refractivity contribution is 6.32. The lowest BCUT2D eigenvalue weighted by atomic mass is 9.85. The molecule has 2 aromatic carbocycles. The van der Waals surface area contributed by atoms with Crippen LogP contribution in [-0.4, -0.2) is 14.2 Å². The highest BCUT2D eigenvalue weighted by Crippen LogP contribution is 2.36. The SMILES string of the molecule is CCC(c1ccccc1)C(NC)c1ccc(OC)c(Cl)c1. The fourth-order valence-corrected chi connectivity index (χ4v) is 3.11. The zero-order valence-electron chi connectivity index (χ0n) is 12.8. The Balaban J connectivity index is 2.35. The smallest absolute Gasteiger partial charge is 0.137 e. The molecule has 0 aliphatic rings. The highest BCUT2D eigenvalue weighted by atomic mass is 35.5. The van der Waals surface area contributed by atoms with E-state index in [0.717, 1.165) is 6.42 Å². The zero-order chi connectivity index (χ0) is 15.2. The van der Waals surface area contributed by atoms with Crippen molar-refractivity contribution in [3.63, 3.8) is 0 Å². The van der Waals surface area contributed by atoms with Gasteiger partial charge in [-0.3, -0.25) is 0 Å². The molecule has 0 aliphatic heterocycles. The van der Waals surface area contributed by atoms with Gasteiger partial charge in [0.2, 0.25) is 0 Å². The van der Waals surface area contributed by atoms with Crippen molar-refractivity contribution in [2.45, 2.75) is 25.3 Å². The predicted octanol–water partition coefficient (Wildman–Crippen LogP) is 4.80. The Morgan fingerprint density at radius 2 is 1.81 bits per heavy atom. The van der Waals surface area contributed by atoms with Crippen LogP contribution in [0.1, 0.15) is 36.4 Å². The monoisotopic (exact) mass is 303 g/mol. The first-order valence-electron chi connectivity index (χ1n) is 7.26. The van der Waals surface area contributed by atoms with Gasteiger partial charge < -0.3 is 10.1 Å². The molecule has 0 saturated heterocycles. The van der Waals surface area contributed by atoms with Gasteiger partial charge in [0.05, 0.1) is 12.1 Å². The Morgan fingerprint density at radius 1 is 1.10 bits per heavy atom. The molecular formula is C18H22ClNO. The molecule has 2 aromatic rings. The number of benzene rings is 2. The molecule has 0 bridgehead atoms. The average Bonchev–Trinajstić information content (AvgIpc) is 2.53. The van der Waals surface area contributed by atoms with E-state index in [-0.39, 0.29) is 6.04 Å². The van der Waals surface area contributed by atoms with Crippen LogP contribution in [0.5, 0.6) is 5.75 Å². The normalized spacial score (nSPS) is 13.7. The van der Waals surface area contributed by atoms with Crippen molar-refractivity contribution in [2.24, 2.45) is 0 Å². The van der Waals surface area contributed by atoms with Gasteiger partial charge in [-0.1, -0.05) is 54.9 Å². The van der Waals surface area contributed by atoms with Gasteiger partial charge >= 0.3 is 0 Å². The number of methoxy groups -OCH3 is 1. The summed E-state index contributed by atoms with van der Waals surface area (Å²) in [6.45, 7) is 2.22. The Labute approximate surface area is 132 Å². The van der Waals surface area contributed by atoms with Crippen molar-refractivity contribution in [1.82, 2.24) is 5.32 Å². The second kappa shape index (κ2) is 7.48. The summed E-state index contributed by atoms with van der Waals surface area (Å²) in [5.74, 6) is 1.11. The maximum absolute atomic E-state index is 6.27. The van der Waals surface area contributed by atoms with Crippen molar-refractivity contribution in [3.8, 4) is 5.75 Å². The molecule has 21 heavy (non-hydrogen) atoms. The van der Waals surface area contributed by atoms with Crippen molar-refractivity contribution < 1.29 is 4.74 Å². The molecule has 2 nitrogen and oxygen atoms in total. The average molecular weight is 304 g/mol. The third-order valence-corrected chi connectivity index (χ3v) is 4.21. The van der Waals surface area contributed by atoms with Crippen molar-refractivity contribution in [3.05, 3.63) is 64.7 Å². The van der Waals surface area contributed by atoms with Crippen LogP contribution in [0, 0.1) is 0 Å². The minimum atomic E-state index is 0.223. The number of ether oxygens (including phenoxy) is 1. The zero-order valence-corrected chi connectivity index (χ0v) is 13.5. The minimum Gasteiger partial charge on any atom is -0.495 e. The molecule has 0 heterocycles. The summed E-state index contributed by atoms with van der Waals surface area (Å²) < 4.78 is 5.23. The summed E-state index contributed by atoms with van der Waals surface area (Å²) in [7, 11) is 3.63. The fourth-order valence-electron chi connectivity index (χ4n) is 2.84. The van der Waals surface area contributed by atoms with Crippen LogP contribution >= 0.6 is 11.6 Å². The first-order chi connectivity index (χ1) is 10.2. The molecule has 2 atom stereocenters. The van der Waals surface area contributed by atoms with E-state index in [1.807, 2.05) is 19.2 Å². The van der Waals surface area contributed by atoms with E-state index in [9.17, 15) is 0 Å². The topological polar surface area (TPSA) is 21.3 Å². The van der Waals surface area contributed by atoms with Crippen LogP contribution in [-0.2, 0) is 0 Å². The lowest BCUT2D eigenvalue weighted by Gasteiger charge is -2.27. The quantitative estimate of drug-likeness (QED) is 0.827. The molecule has 3 heteroatoms. The van der Waals surface area contributed by atoms with Crippen molar-refractivity contribution in [2.75, 3.05) is 14.2 Å². The van der Waals surface area contributed by atoms with Gasteiger partial charge in [-0.05, 0) is 36.7 Å². The summed E-state index contributed by atoms with van der Waals surface area (Å²) >= 11 is 6.27. The predicted molar refractivity (Wildman–Crippen MR) is 89.3 cm³/mol. The number of rotatable bonds is 6. The van der Waals surface area contributed by atoms with Gasteiger partial charge in [-0.25, -0.2) is 0 Å². The van der Waals surface area contributed by atoms with E-state index < -0.39 is 0 Å². The summed E-state index contributed by atoms with van der Waals surface area (Å²) in [4.78, 5) is 0. The third-order valence-electron chi connectivity index (χ3n) is 3.92. The molecule has 0 amide bonds. The summed E-state index contributed by atoms with van der Waals surface area (Å²) in [5.41, 5.74) is 2.52. The van der Waals surface area contributed by atoms with Crippen LogP contribution < -0.4 is 10.1 Å². The molecule has 112 valence electrons. The standard InChI is InChI=1S/C18H22ClNO/c1-4-15(13-8-6-5-7-9-13)18(20-2)14-10-11-17(21-3)16(19)12-14/h5-12,15,18,20H,4H2,1-3H3. The summed E-state index contributed by atoms with van der Waals surface area (Å²) in [6.07, 6.45) is 1.05. The second-order valence-electron chi connectivity index (χ2n) is 5.09. The van der Waals surface area contributed by atoms with Crippen molar-refractivity contribution in [1.29, 1.82) is 0 Å². The van der Waals surface area contributed by atoms with Crippen LogP contribution in [0.25, 0.3) is 0 Å². The maximum atomic E-state index is 6.27. The summed E-state index contributed by atoms with van der Waals surface area (Å²) in [5, 5.41) is 4.08. The van der Waals surface area contributed by atoms with Gasteiger partial charge in [0.1, 0.15) is 5.75 Å². The van der Waals surface area contributed by atoms with Crippen molar-refractivity contribution >= 4 is 11.6 Å². The molecule has 0 radical (unpaired) electrons. The Morgan fingerprint density at radius 3 is 2.33 bits per heavy atom. The molecule has 0 saturated carbocycles. The van der Waals surface area contributed by atoms with Gasteiger partial charge in [-0.15, -0.1) is 0 Å². The van der Waals surface area contributed by atoms with E-state index in [1.54, 1.807) is 7.11 Å². The molecule has 2 rings (SSSR count). The van der Waals surface area contributed by atoms with Gasteiger partial charge in [0.25, 0.3) is 0 Å². The molecule has 0 spiro atoms. The van der Waals surface area contributed by atoms with Crippen LogP contribution in [0.2, 0.25) is 5.02 Å². The first kappa shape index (κ1) is 15.9. The number of likely N-dealkylation sites (N-methyl/N-ethyl adjacent to an activating group) is 1. The van der Waals surface area contributed by atoms with Gasteiger partial charge in [0, 0.05) is 12.0 Å². The largest absolute Gasteiger partial charge is 0.495 e. The van der Waals surface area contributed by atoms with Gasteiger partial charge in [-0.2, -0.15) is 0 Å². The molecule has 2 unspecified atom stereocenters. The minimum absolute atomic E-state index is 0.223. The first-order valence-corrected chi connectivity index (χ1v) is 7.64. The third kappa shape index (κ3) is 3.58. The number of halogens is 1. The van der Waals surface area contributed by atoms with E-state index >= 15 is 0 Å². The number of hydrogen-bond acceptors (Lipinski definition) is 2. The van der Waals surface area contributed by atoms with Crippen LogP contribution in [0.4, 0.5) is 0 Å². The highest BCUT2D eigenvalue weighted by Gasteiger charge is 2.22. The Hall–Kier alpha value is -1.51. The van der Waals surface area contributed by atoms with E-state index in [2.05, 4.69) is 48.6 Å². The van der Waals surface area contributed by atoms with Gasteiger partial charge in [0.15, 0.2) is 0 Å². The Bertz CT molecular complexity index is 571. The second-order valence-corrected chi connectivity index (χ2v) is 5.49. The molecule has 0 aliphatic carbocycles. The van der Waals surface area contributed by atoms with Crippen LogP contribution in [0.15, 0.2) is 48.5 Å². The summed E-state index contributed by atoms with van der Waals surface area (Å²) in [6, 6.07) is 16.8. The number of nitrogens with one attached hydrogen (secondary N) is 1.